The van der Waals surface area contributed by atoms with E-state index >= 15 is 0 Å². The first-order chi connectivity index (χ1) is 12.5. The van der Waals surface area contributed by atoms with Crippen molar-refractivity contribution in [1.82, 2.24) is 10.3 Å². The molecule has 0 aliphatic rings. The molecule has 2 rings (SSSR count). The summed E-state index contributed by atoms with van der Waals surface area (Å²) in [5.41, 5.74) is 2.14. The van der Waals surface area contributed by atoms with Gasteiger partial charge in [0.15, 0.2) is 0 Å². The molecule has 1 atom stereocenters. The zero-order chi connectivity index (χ0) is 18.9. The fourth-order valence-electron chi connectivity index (χ4n) is 2.45. The number of rotatable bonds is 8. The monoisotopic (exact) mass is 372 g/mol. The minimum absolute atomic E-state index is 0.0338. The zero-order valence-electron chi connectivity index (χ0n) is 15.5. The Kier molecular flexibility index (Phi) is 7.67. The average molecular weight is 373 g/mol. The molecule has 1 heterocycles. The van der Waals surface area contributed by atoms with Crippen LogP contribution in [0.5, 0.6) is 11.6 Å². The smallest absolute Gasteiger partial charge is 0.219 e. The second-order valence-electron chi connectivity index (χ2n) is 6.25. The molecule has 0 radical (unpaired) electrons. The molecule has 0 saturated heterocycles. The molecule has 2 aromatic rings. The minimum Gasteiger partial charge on any atom is -0.437 e. The highest BCUT2D eigenvalue weighted by Gasteiger charge is 2.06. The number of nitrogens with one attached hydrogen (secondary N) is 1. The van der Waals surface area contributed by atoms with Crippen molar-refractivity contribution < 1.29 is 9.53 Å². The molecular formula is C21H25ClN2O2. The zero-order valence-corrected chi connectivity index (χ0v) is 16.2. The Morgan fingerprint density at radius 1 is 1.35 bits per heavy atom. The normalized spacial score (nSPS) is 12.2. The standard InChI is InChI=1S/C21H25ClN2O2/c1-4-5-6-17-9-11-20(19(22)13-17)26-21-12-10-18(14-23-21)8-7-15(2)24-16(3)25/h7-15H,4-6H2,1-3H3,(H,24,25)/b8-7+/t15-/m0/s1. The van der Waals surface area contributed by atoms with Gasteiger partial charge in [-0.25, -0.2) is 4.98 Å². The number of hydrogen-bond acceptors (Lipinski definition) is 3. The fraction of sp³-hybridized carbons (Fsp3) is 0.333. The number of aromatic nitrogens is 1. The minimum atomic E-state index is -0.0541. The largest absolute Gasteiger partial charge is 0.437 e. The van der Waals surface area contributed by atoms with Crippen LogP contribution in [0.4, 0.5) is 0 Å². The van der Waals surface area contributed by atoms with Gasteiger partial charge < -0.3 is 10.1 Å². The van der Waals surface area contributed by atoms with E-state index in [-0.39, 0.29) is 11.9 Å². The maximum absolute atomic E-state index is 11.0. The number of carbonyl (C=O) groups is 1. The van der Waals surface area contributed by atoms with E-state index in [0.29, 0.717) is 16.7 Å². The molecule has 0 aliphatic heterocycles. The number of benzene rings is 1. The topological polar surface area (TPSA) is 51.2 Å². The Morgan fingerprint density at radius 3 is 2.77 bits per heavy atom. The third-order valence-electron chi connectivity index (χ3n) is 3.80. The lowest BCUT2D eigenvalue weighted by Crippen LogP contribution is -2.28. The van der Waals surface area contributed by atoms with E-state index in [1.165, 1.54) is 12.5 Å². The summed E-state index contributed by atoms with van der Waals surface area (Å²) in [5.74, 6) is 1.03. The van der Waals surface area contributed by atoms with Crippen LogP contribution < -0.4 is 10.1 Å². The first-order valence-corrected chi connectivity index (χ1v) is 9.23. The molecule has 1 aromatic carbocycles. The van der Waals surface area contributed by atoms with Gasteiger partial charge in [-0.05, 0) is 49.1 Å². The van der Waals surface area contributed by atoms with Crippen molar-refractivity contribution in [3.63, 3.8) is 0 Å². The molecule has 5 heteroatoms. The number of unbranched alkanes of at least 4 members (excludes halogenated alkanes) is 1. The summed E-state index contributed by atoms with van der Waals surface area (Å²) < 4.78 is 5.78. The third-order valence-corrected chi connectivity index (χ3v) is 4.09. The van der Waals surface area contributed by atoms with Gasteiger partial charge in [-0.3, -0.25) is 4.79 Å². The van der Waals surface area contributed by atoms with Crippen molar-refractivity contribution in [3.8, 4) is 11.6 Å². The van der Waals surface area contributed by atoms with E-state index in [1.807, 2.05) is 43.3 Å². The number of amides is 1. The van der Waals surface area contributed by atoms with Crippen molar-refractivity contribution in [3.05, 3.63) is 58.8 Å². The van der Waals surface area contributed by atoms with Gasteiger partial charge in [0.05, 0.1) is 5.02 Å². The highest BCUT2D eigenvalue weighted by Crippen LogP contribution is 2.29. The van der Waals surface area contributed by atoms with E-state index in [0.717, 1.165) is 24.8 Å². The van der Waals surface area contributed by atoms with Crippen LogP contribution in [0.2, 0.25) is 5.02 Å². The van der Waals surface area contributed by atoms with Gasteiger partial charge in [0.1, 0.15) is 5.75 Å². The number of pyridine rings is 1. The summed E-state index contributed by atoms with van der Waals surface area (Å²) in [6.45, 7) is 5.58. The number of hydrogen-bond donors (Lipinski definition) is 1. The van der Waals surface area contributed by atoms with Crippen LogP contribution in [0.1, 0.15) is 44.7 Å². The Hall–Kier alpha value is -2.33. The van der Waals surface area contributed by atoms with Gasteiger partial charge in [0.25, 0.3) is 0 Å². The third kappa shape index (κ3) is 6.52. The molecule has 138 valence electrons. The Morgan fingerprint density at radius 2 is 2.15 bits per heavy atom. The lowest BCUT2D eigenvalue weighted by Gasteiger charge is -2.09. The lowest BCUT2D eigenvalue weighted by molar-refractivity contribution is -0.119. The molecule has 1 amide bonds. The van der Waals surface area contributed by atoms with Crippen LogP contribution in [0.3, 0.4) is 0 Å². The van der Waals surface area contributed by atoms with Gasteiger partial charge in [-0.1, -0.05) is 43.2 Å². The Labute approximate surface area is 160 Å². The van der Waals surface area contributed by atoms with Crippen LogP contribution in [-0.4, -0.2) is 16.9 Å². The lowest BCUT2D eigenvalue weighted by atomic mass is 10.1. The number of halogens is 1. The van der Waals surface area contributed by atoms with E-state index in [9.17, 15) is 4.79 Å². The van der Waals surface area contributed by atoms with Crippen molar-refractivity contribution >= 4 is 23.6 Å². The van der Waals surface area contributed by atoms with Gasteiger partial charge in [0, 0.05) is 25.2 Å². The molecule has 1 aromatic heterocycles. The summed E-state index contributed by atoms with van der Waals surface area (Å²) >= 11 is 6.32. The molecule has 26 heavy (non-hydrogen) atoms. The van der Waals surface area contributed by atoms with Crippen LogP contribution in [-0.2, 0) is 11.2 Å². The summed E-state index contributed by atoms with van der Waals surface area (Å²) in [6, 6.07) is 9.54. The van der Waals surface area contributed by atoms with Crippen LogP contribution in [0.25, 0.3) is 6.08 Å². The average Bonchev–Trinajstić information content (AvgIpc) is 2.61. The van der Waals surface area contributed by atoms with Crippen LogP contribution >= 0.6 is 11.6 Å². The molecule has 0 spiro atoms. The second-order valence-corrected chi connectivity index (χ2v) is 6.66. The van der Waals surface area contributed by atoms with Crippen LogP contribution in [0, 0.1) is 0 Å². The SMILES string of the molecule is CCCCc1ccc(Oc2ccc(/C=C/[C@H](C)NC(C)=O)cn2)c(Cl)c1. The molecule has 0 unspecified atom stereocenters. The van der Waals surface area contributed by atoms with E-state index in [1.54, 1.807) is 12.3 Å². The summed E-state index contributed by atoms with van der Waals surface area (Å²) in [6.07, 6.45) is 8.86. The number of carbonyl (C=O) groups excluding carboxylic acids is 1. The quantitative estimate of drug-likeness (QED) is 0.674. The molecular weight excluding hydrogens is 348 g/mol. The summed E-state index contributed by atoms with van der Waals surface area (Å²) in [4.78, 5) is 15.3. The molecule has 0 fully saturated rings. The van der Waals surface area contributed by atoms with E-state index in [4.69, 9.17) is 16.3 Å². The molecule has 0 saturated carbocycles. The first kappa shape index (κ1) is 20.0. The maximum Gasteiger partial charge on any atom is 0.219 e. The molecule has 4 nitrogen and oxygen atoms in total. The Bertz CT molecular complexity index is 757. The number of ether oxygens (including phenoxy) is 1. The van der Waals surface area contributed by atoms with Gasteiger partial charge in [0.2, 0.25) is 11.8 Å². The predicted molar refractivity (Wildman–Crippen MR) is 107 cm³/mol. The van der Waals surface area contributed by atoms with E-state index < -0.39 is 0 Å². The fourth-order valence-corrected chi connectivity index (χ4v) is 2.69. The first-order valence-electron chi connectivity index (χ1n) is 8.85. The van der Waals surface area contributed by atoms with Gasteiger partial charge >= 0.3 is 0 Å². The van der Waals surface area contributed by atoms with Crippen molar-refractivity contribution in [2.45, 2.75) is 46.1 Å². The summed E-state index contributed by atoms with van der Waals surface area (Å²) in [7, 11) is 0. The molecule has 0 bridgehead atoms. The van der Waals surface area contributed by atoms with Gasteiger partial charge in [-0.15, -0.1) is 0 Å². The van der Waals surface area contributed by atoms with Crippen molar-refractivity contribution in [2.75, 3.05) is 0 Å². The molecule has 1 N–H and O–H groups in total. The van der Waals surface area contributed by atoms with Crippen LogP contribution in [0.15, 0.2) is 42.6 Å². The number of nitrogens with zero attached hydrogens (tertiary/aromatic N) is 1. The van der Waals surface area contributed by atoms with Gasteiger partial charge in [-0.2, -0.15) is 0 Å². The highest BCUT2D eigenvalue weighted by atomic mass is 35.5. The summed E-state index contributed by atoms with van der Waals surface area (Å²) in [5, 5.41) is 3.39. The second kappa shape index (κ2) is 9.97. The number of aryl methyl sites for hydroxylation is 1. The molecule has 0 aliphatic carbocycles. The Balaban J connectivity index is 1.98. The van der Waals surface area contributed by atoms with Crippen molar-refractivity contribution in [1.29, 1.82) is 0 Å². The van der Waals surface area contributed by atoms with E-state index in [2.05, 4.69) is 17.2 Å². The maximum atomic E-state index is 11.0. The highest BCUT2D eigenvalue weighted by molar-refractivity contribution is 6.32. The predicted octanol–water partition coefficient (Wildman–Crippen LogP) is 5.41. The van der Waals surface area contributed by atoms with Crippen molar-refractivity contribution in [2.24, 2.45) is 0 Å².